The molecular formula is C19H21N5O. The van der Waals surface area contributed by atoms with Crippen molar-refractivity contribution in [3.63, 3.8) is 0 Å². The van der Waals surface area contributed by atoms with Crippen molar-refractivity contribution in [3.05, 3.63) is 48.3 Å². The Morgan fingerprint density at radius 2 is 1.88 bits per heavy atom. The summed E-state index contributed by atoms with van der Waals surface area (Å²) in [7, 11) is 0. The van der Waals surface area contributed by atoms with Crippen LogP contribution in [0.25, 0.3) is 5.65 Å². The molecule has 25 heavy (non-hydrogen) atoms. The fourth-order valence-corrected chi connectivity index (χ4v) is 3.56. The lowest BCUT2D eigenvalue weighted by atomic mass is 10.2. The van der Waals surface area contributed by atoms with E-state index in [0.717, 1.165) is 36.0 Å². The van der Waals surface area contributed by atoms with E-state index in [-0.39, 0.29) is 0 Å². The van der Waals surface area contributed by atoms with Gasteiger partial charge in [-0.1, -0.05) is 18.2 Å². The largest absolute Gasteiger partial charge is 0.491 e. The monoisotopic (exact) mass is 335 g/mol. The van der Waals surface area contributed by atoms with Crippen LogP contribution in [0.5, 0.6) is 5.75 Å². The molecule has 1 aliphatic carbocycles. The summed E-state index contributed by atoms with van der Waals surface area (Å²) in [5.41, 5.74) is 0.835. The minimum atomic E-state index is 0.353. The van der Waals surface area contributed by atoms with Crippen molar-refractivity contribution in [1.82, 2.24) is 19.8 Å². The van der Waals surface area contributed by atoms with Crippen LogP contribution in [0.15, 0.2) is 42.5 Å². The normalized spacial score (nSPS) is 20.3. The number of benzene rings is 1. The molecule has 1 atom stereocenters. The SMILES string of the molecule is c1ccc(OC[C@@H]2CCCN2c2ccc3nnc(C4CC4)n3n2)cc1. The molecule has 1 aromatic carbocycles. The third kappa shape index (κ3) is 2.81. The van der Waals surface area contributed by atoms with Crippen molar-refractivity contribution in [3.8, 4) is 5.75 Å². The predicted octanol–water partition coefficient (Wildman–Crippen LogP) is 3.05. The number of ether oxygens (including phenoxy) is 1. The maximum atomic E-state index is 5.99. The van der Waals surface area contributed by atoms with E-state index in [4.69, 9.17) is 9.84 Å². The van der Waals surface area contributed by atoms with Crippen LogP contribution in [-0.4, -0.2) is 39.0 Å². The number of nitrogens with zero attached hydrogens (tertiary/aromatic N) is 5. The summed E-state index contributed by atoms with van der Waals surface area (Å²) >= 11 is 0. The van der Waals surface area contributed by atoms with Crippen LogP contribution in [0.3, 0.4) is 0 Å². The van der Waals surface area contributed by atoms with Gasteiger partial charge in [-0.05, 0) is 49.9 Å². The Labute approximate surface area is 146 Å². The van der Waals surface area contributed by atoms with E-state index >= 15 is 0 Å². The summed E-state index contributed by atoms with van der Waals surface area (Å²) in [5, 5.41) is 13.4. The van der Waals surface area contributed by atoms with E-state index in [1.54, 1.807) is 0 Å². The first-order valence-corrected chi connectivity index (χ1v) is 9.05. The number of hydrogen-bond acceptors (Lipinski definition) is 5. The average Bonchev–Trinajstić information content (AvgIpc) is 3.24. The number of hydrogen-bond donors (Lipinski definition) is 0. The summed E-state index contributed by atoms with van der Waals surface area (Å²) in [6, 6.07) is 14.4. The smallest absolute Gasteiger partial charge is 0.178 e. The van der Waals surface area contributed by atoms with Gasteiger partial charge in [0.1, 0.15) is 18.2 Å². The highest BCUT2D eigenvalue weighted by Gasteiger charge is 2.31. The van der Waals surface area contributed by atoms with Crippen molar-refractivity contribution in [2.45, 2.75) is 37.6 Å². The molecule has 2 aromatic heterocycles. The molecule has 0 unspecified atom stereocenters. The highest BCUT2D eigenvalue weighted by Crippen LogP contribution is 2.39. The molecule has 5 rings (SSSR count). The number of anilines is 1. The van der Waals surface area contributed by atoms with Gasteiger partial charge in [0.05, 0.1) is 6.04 Å². The number of aromatic nitrogens is 4. The molecule has 128 valence electrons. The number of rotatable bonds is 5. The summed E-state index contributed by atoms with van der Waals surface area (Å²) in [6.45, 7) is 1.70. The fraction of sp³-hybridized carbons (Fsp3) is 0.421. The molecule has 0 bridgehead atoms. The summed E-state index contributed by atoms with van der Waals surface area (Å²) in [5.74, 6) is 3.46. The van der Waals surface area contributed by atoms with Gasteiger partial charge in [-0.3, -0.25) is 0 Å². The third-order valence-corrected chi connectivity index (χ3v) is 5.07. The summed E-state index contributed by atoms with van der Waals surface area (Å²) in [4.78, 5) is 2.36. The lowest BCUT2D eigenvalue weighted by molar-refractivity contribution is 0.288. The molecule has 2 aliphatic rings. The minimum absolute atomic E-state index is 0.353. The first-order chi connectivity index (χ1) is 12.4. The topological polar surface area (TPSA) is 55.5 Å². The minimum Gasteiger partial charge on any atom is -0.491 e. The van der Waals surface area contributed by atoms with Gasteiger partial charge in [-0.25, -0.2) is 0 Å². The van der Waals surface area contributed by atoms with Crippen LogP contribution in [0, 0.1) is 0 Å². The van der Waals surface area contributed by atoms with E-state index in [9.17, 15) is 0 Å². The molecule has 6 heteroatoms. The highest BCUT2D eigenvalue weighted by atomic mass is 16.5. The van der Waals surface area contributed by atoms with Gasteiger partial charge in [-0.2, -0.15) is 4.52 Å². The Hall–Kier alpha value is -2.63. The highest BCUT2D eigenvalue weighted by molar-refractivity contribution is 5.47. The van der Waals surface area contributed by atoms with Crippen molar-refractivity contribution in [2.24, 2.45) is 0 Å². The molecule has 0 radical (unpaired) electrons. The lowest BCUT2D eigenvalue weighted by Gasteiger charge is -2.25. The van der Waals surface area contributed by atoms with Crippen LogP contribution in [0.4, 0.5) is 5.82 Å². The third-order valence-electron chi connectivity index (χ3n) is 5.07. The second-order valence-electron chi connectivity index (χ2n) is 6.91. The average molecular weight is 335 g/mol. The van der Waals surface area contributed by atoms with Gasteiger partial charge in [0.2, 0.25) is 0 Å². The zero-order chi connectivity index (χ0) is 16.6. The van der Waals surface area contributed by atoms with E-state index in [0.29, 0.717) is 18.6 Å². The molecule has 3 aromatic rings. The molecule has 3 heterocycles. The maximum absolute atomic E-state index is 5.99. The van der Waals surface area contributed by atoms with Crippen molar-refractivity contribution >= 4 is 11.5 Å². The number of para-hydroxylation sites is 1. The van der Waals surface area contributed by atoms with Crippen LogP contribution < -0.4 is 9.64 Å². The fourth-order valence-electron chi connectivity index (χ4n) is 3.56. The molecular weight excluding hydrogens is 314 g/mol. The summed E-state index contributed by atoms with van der Waals surface area (Å²) in [6.07, 6.45) is 4.69. The van der Waals surface area contributed by atoms with Gasteiger partial charge in [0.15, 0.2) is 11.5 Å². The quantitative estimate of drug-likeness (QED) is 0.717. The second kappa shape index (κ2) is 6.02. The Morgan fingerprint density at radius 1 is 1.00 bits per heavy atom. The molecule has 0 spiro atoms. The predicted molar refractivity (Wildman–Crippen MR) is 95.1 cm³/mol. The maximum Gasteiger partial charge on any atom is 0.178 e. The summed E-state index contributed by atoms with van der Waals surface area (Å²) < 4.78 is 7.92. The Kier molecular flexibility index (Phi) is 3.54. The van der Waals surface area contributed by atoms with Crippen molar-refractivity contribution in [1.29, 1.82) is 0 Å². The molecule has 0 N–H and O–H groups in total. The van der Waals surface area contributed by atoms with Crippen LogP contribution in [-0.2, 0) is 0 Å². The molecule has 1 saturated carbocycles. The first kappa shape index (κ1) is 14.7. The molecule has 1 saturated heterocycles. The second-order valence-corrected chi connectivity index (χ2v) is 6.91. The zero-order valence-electron chi connectivity index (χ0n) is 14.1. The molecule has 6 nitrogen and oxygen atoms in total. The van der Waals surface area contributed by atoms with Crippen molar-refractivity contribution < 1.29 is 4.74 Å². The van der Waals surface area contributed by atoms with E-state index in [1.807, 2.05) is 40.9 Å². The van der Waals surface area contributed by atoms with Gasteiger partial charge >= 0.3 is 0 Å². The molecule has 0 amide bonds. The van der Waals surface area contributed by atoms with E-state index < -0.39 is 0 Å². The Morgan fingerprint density at radius 3 is 2.72 bits per heavy atom. The van der Waals surface area contributed by atoms with Crippen LogP contribution in [0.2, 0.25) is 0 Å². The Balaban J connectivity index is 1.37. The standard InChI is InChI=1S/C19H21N5O/c1-2-6-16(7-3-1)25-13-15-5-4-12-23(15)18-11-10-17-20-21-19(14-8-9-14)24(17)22-18/h1-3,6-7,10-11,14-15H,4-5,8-9,12-13H2/t15-/m0/s1. The zero-order valence-corrected chi connectivity index (χ0v) is 14.1. The van der Waals surface area contributed by atoms with Gasteiger partial charge in [-0.15, -0.1) is 15.3 Å². The van der Waals surface area contributed by atoms with Gasteiger partial charge in [0.25, 0.3) is 0 Å². The Bertz CT molecular complexity index is 874. The van der Waals surface area contributed by atoms with Gasteiger partial charge < -0.3 is 9.64 Å². The molecule has 2 fully saturated rings. The van der Waals surface area contributed by atoms with E-state index in [2.05, 4.69) is 21.2 Å². The van der Waals surface area contributed by atoms with Crippen LogP contribution >= 0.6 is 0 Å². The van der Waals surface area contributed by atoms with Gasteiger partial charge in [0, 0.05) is 12.5 Å². The van der Waals surface area contributed by atoms with Crippen LogP contribution in [0.1, 0.15) is 37.4 Å². The van der Waals surface area contributed by atoms with E-state index in [1.165, 1.54) is 19.3 Å². The molecule has 1 aliphatic heterocycles. The first-order valence-electron chi connectivity index (χ1n) is 9.05. The number of fused-ring (bicyclic) bond motifs is 1. The lowest BCUT2D eigenvalue weighted by Crippen LogP contribution is -2.35. The van der Waals surface area contributed by atoms with Crippen molar-refractivity contribution in [2.75, 3.05) is 18.1 Å².